The molecule has 0 bridgehead atoms. The number of carbonyl (C=O) groups excluding carboxylic acids is 1. The van der Waals surface area contributed by atoms with E-state index in [0.717, 1.165) is 10.0 Å². The molecule has 1 aromatic heterocycles. The fourth-order valence-electron chi connectivity index (χ4n) is 1.38. The van der Waals surface area contributed by atoms with Crippen molar-refractivity contribution in [3.63, 3.8) is 0 Å². The van der Waals surface area contributed by atoms with Crippen LogP contribution >= 0.6 is 50.5 Å². The zero-order valence-corrected chi connectivity index (χ0v) is 13.2. The van der Waals surface area contributed by atoms with Crippen LogP contribution in [0.5, 0.6) is 0 Å². The van der Waals surface area contributed by atoms with Crippen molar-refractivity contribution in [1.29, 1.82) is 0 Å². The Bertz CT molecular complexity index is 612. The summed E-state index contributed by atoms with van der Waals surface area (Å²) in [6.07, 6.45) is 0. The number of aryl methyl sites for hydroxylation is 1. The molecule has 0 saturated heterocycles. The van der Waals surface area contributed by atoms with Crippen molar-refractivity contribution < 1.29 is 4.79 Å². The van der Waals surface area contributed by atoms with Crippen LogP contribution < -0.4 is 5.32 Å². The number of amides is 1. The SMILES string of the molecule is Cc1cc(Cl)c(NC(=O)c2sccc2Br)cc1Cl. The van der Waals surface area contributed by atoms with Gasteiger partial charge in [-0.25, -0.2) is 0 Å². The largest absolute Gasteiger partial charge is 0.320 e. The number of carbonyl (C=O) groups is 1. The molecule has 0 fully saturated rings. The van der Waals surface area contributed by atoms with Crippen LogP contribution in [0.4, 0.5) is 5.69 Å². The molecule has 2 aromatic rings. The molecule has 1 heterocycles. The molecule has 0 saturated carbocycles. The maximum absolute atomic E-state index is 12.0. The third-order valence-electron chi connectivity index (χ3n) is 2.32. The van der Waals surface area contributed by atoms with Crippen LogP contribution in [0.1, 0.15) is 15.2 Å². The molecule has 18 heavy (non-hydrogen) atoms. The summed E-state index contributed by atoms with van der Waals surface area (Å²) in [6.45, 7) is 1.86. The summed E-state index contributed by atoms with van der Waals surface area (Å²) < 4.78 is 0.763. The molecule has 94 valence electrons. The van der Waals surface area contributed by atoms with Gasteiger partial charge in [-0.3, -0.25) is 4.79 Å². The van der Waals surface area contributed by atoms with Gasteiger partial charge in [-0.05, 0) is 52.0 Å². The Morgan fingerprint density at radius 2 is 2.06 bits per heavy atom. The minimum atomic E-state index is -0.210. The van der Waals surface area contributed by atoms with Gasteiger partial charge in [0.1, 0.15) is 4.88 Å². The first-order valence-corrected chi connectivity index (χ1v) is 7.42. The molecule has 2 rings (SSSR count). The molecule has 0 aliphatic heterocycles. The zero-order chi connectivity index (χ0) is 13.3. The number of halogens is 3. The van der Waals surface area contributed by atoms with Crippen molar-refractivity contribution in [2.75, 3.05) is 5.32 Å². The fraction of sp³-hybridized carbons (Fsp3) is 0.0833. The van der Waals surface area contributed by atoms with Crippen molar-refractivity contribution >= 4 is 62.1 Å². The van der Waals surface area contributed by atoms with Gasteiger partial charge in [-0.2, -0.15) is 0 Å². The summed E-state index contributed by atoms with van der Waals surface area (Å²) in [5, 5.41) is 5.62. The monoisotopic (exact) mass is 363 g/mol. The van der Waals surface area contributed by atoms with Gasteiger partial charge in [-0.1, -0.05) is 23.2 Å². The number of hydrogen-bond donors (Lipinski definition) is 1. The predicted molar refractivity (Wildman–Crippen MR) is 81.2 cm³/mol. The number of thiophene rings is 1. The van der Waals surface area contributed by atoms with Gasteiger partial charge < -0.3 is 5.32 Å². The second-order valence-corrected chi connectivity index (χ2v) is 6.22. The summed E-state index contributed by atoms with van der Waals surface area (Å²) >= 11 is 16.7. The van der Waals surface area contributed by atoms with Crippen LogP contribution in [-0.2, 0) is 0 Å². The lowest BCUT2D eigenvalue weighted by atomic mass is 10.2. The van der Waals surface area contributed by atoms with Crippen molar-refractivity contribution in [2.24, 2.45) is 0 Å². The fourth-order valence-corrected chi connectivity index (χ4v) is 3.25. The van der Waals surface area contributed by atoms with Crippen LogP contribution in [0.15, 0.2) is 28.1 Å². The number of nitrogens with one attached hydrogen (secondary N) is 1. The van der Waals surface area contributed by atoms with Gasteiger partial charge in [0.25, 0.3) is 5.91 Å². The Morgan fingerprint density at radius 1 is 1.33 bits per heavy atom. The van der Waals surface area contributed by atoms with Crippen molar-refractivity contribution in [3.8, 4) is 0 Å². The van der Waals surface area contributed by atoms with E-state index >= 15 is 0 Å². The zero-order valence-electron chi connectivity index (χ0n) is 9.26. The smallest absolute Gasteiger partial charge is 0.266 e. The van der Waals surface area contributed by atoms with E-state index in [9.17, 15) is 4.79 Å². The van der Waals surface area contributed by atoms with Crippen LogP contribution in [0.25, 0.3) is 0 Å². The number of anilines is 1. The molecule has 1 amide bonds. The first-order chi connectivity index (χ1) is 8.49. The molecule has 0 radical (unpaired) electrons. The standard InChI is InChI=1S/C12H8BrCl2NOS/c1-6-4-9(15)10(5-8(6)14)16-12(17)11-7(13)2-3-18-11/h2-5H,1H3,(H,16,17). The summed E-state index contributed by atoms with van der Waals surface area (Å²) in [5.74, 6) is -0.210. The molecule has 0 atom stereocenters. The third kappa shape index (κ3) is 2.88. The van der Waals surface area contributed by atoms with Crippen molar-refractivity contribution in [1.82, 2.24) is 0 Å². The topological polar surface area (TPSA) is 29.1 Å². The highest BCUT2D eigenvalue weighted by Crippen LogP contribution is 2.30. The second kappa shape index (κ2) is 5.61. The van der Waals surface area contributed by atoms with E-state index in [1.54, 1.807) is 12.1 Å². The third-order valence-corrected chi connectivity index (χ3v) is 4.88. The summed E-state index contributed by atoms with van der Waals surface area (Å²) in [5.41, 5.74) is 1.38. The van der Waals surface area contributed by atoms with Gasteiger partial charge in [0.2, 0.25) is 0 Å². The lowest BCUT2D eigenvalue weighted by Gasteiger charge is -2.08. The van der Waals surface area contributed by atoms with Crippen LogP contribution in [0.3, 0.4) is 0 Å². The Hall–Kier alpha value is -0.550. The molecule has 6 heteroatoms. The average Bonchev–Trinajstić information content (AvgIpc) is 2.72. The Morgan fingerprint density at radius 3 is 2.67 bits per heavy atom. The first kappa shape index (κ1) is 13.9. The van der Waals surface area contributed by atoms with Gasteiger partial charge in [0.15, 0.2) is 0 Å². The summed E-state index contributed by atoms with van der Waals surface area (Å²) in [7, 11) is 0. The number of benzene rings is 1. The van der Waals surface area contributed by atoms with Gasteiger partial charge in [-0.15, -0.1) is 11.3 Å². The Labute approximate surface area is 127 Å². The van der Waals surface area contributed by atoms with Crippen LogP contribution in [-0.4, -0.2) is 5.91 Å². The number of hydrogen-bond acceptors (Lipinski definition) is 2. The van der Waals surface area contributed by atoms with E-state index in [4.69, 9.17) is 23.2 Å². The lowest BCUT2D eigenvalue weighted by molar-refractivity contribution is 0.103. The van der Waals surface area contributed by atoms with Crippen molar-refractivity contribution in [3.05, 3.63) is 48.5 Å². The quantitative estimate of drug-likeness (QED) is 0.761. The van der Waals surface area contributed by atoms with E-state index < -0.39 is 0 Å². The van der Waals surface area contributed by atoms with E-state index in [-0.39, 0.29) is 5.91 Å². The number of rotatable bonds is 2. The molecule has 0 aliphatic carbocycles. The van der Waals surface area contributed by atoms with E-state index in [0.29, 0.717) is 20.6 Å². The molecule has 0 aliphatic rings. The summed E-state index contributed by atoms with van der Waals surface area (Å²) in [4.78, 5) is 12.6. The molecular weight excluding hydrogens is 357 g/mol. The highest BCUT2D eigenvalue weighted by molar-refractivity contribution is 9.10. The van der Waals surface area contributed by atoms with Gasteiger partial charge in [0.05, 0.1) is 10.7 Å². The van der Waals surface area contributed by atoms with E-state index in [2.05, 4.69) is 21.2 Å². The molecule has 2 nitrogen and oxygen atoms in total. The lowest BCUT2D eigenvalue weighted by Crippen LogP contribution is -2.11. The van der Waals surface area contributed by atoms with E-state index in [1.807, 2.05) is 18.4 Å². The molecule has 1 N–H and O–H groups in total. The maximum Gasteiger partial charge on any atom is 0.266 e. The van der Waals surface area contributed by atoms with E-state index in [1.165, 1.54) is 11.3 Å². The predicted octanol–water partition coefficient (Wildman–Crippen LogP) is 5.38. The maximum atomic E-state index is 12.0. The van der Waals surface area contributed by atoms with Crippen LogP contribution in [0.2, 0.25) is 10.0 Å². The van der Waals surface area contributed by atoms with Gasteiger partial charge in [0, 0.05) is 9.50 Å². The molecule has 0 spiro atoms. The minimum absolute atomic E-state index is 0.210. The second-order valence-electron chi connectivity index (χ2n) is 3.63. The molecule has 1 aromatic carbocycles. The Balaban J connectivity index is 2.28. The average molecular weight is 365 g/mol. The Kier molecular flexibility index (Phi) is 4.33. The molecule has 0 unspecified atom stereocenters. The highest BCUT2D eigenvalue weighted by Gasteiger charge is 2.14. The van der Waals surface area contributed by atoms with Gasteiger partial charge >= 0.3 is 0 Å². The first-order valence-electron chi connectivity index (χ1n) is 4.99. The van der Waals surface area contributed by atoms with Crippen LogP contribution in [0, 0.1) is 6.92 Å². The van der Waals surface area contributed by atoms with Crippen molar-refractivity contribution in [2.45, 2.75) is 6.92 Å². The summed E-state index contributed by atoms with van der Waals surface area (Å²) in [6, 6.07) is 5.20. The normalized spacial score (nSPS) is 10.4. The highest BCUT2D eigenvalue weighted by atomic mass is 79.9. The molecular formula is C12H8BrCl2NOS. The minimum Gasteiger partial charge on any atom is -0.320 e.